The first kappa shape index (κ1) is 14.7. The molecule has 4 heteroatoms. The number of benzene rings is 1. The molecule has 1 saturated heterocycles. The highest BCUT2D eigenvalue weighted by Crippen LogP contribution is 2.29. The second kappa shape index (κ2) is 6.13. The molecule has 2 rings (SSSR count). The SMILES string of the molecule is CC(C#N)(Cc1ccc(Cl)cc1Cl)N1CCCCC1. The van der Waals surface area contributed by atoms with Crippen LogP contribution in [-0.4, -0.2) is 23.5 Å². The summed E-state index contributed by atoms with van der Waals surface area (Å²) < 4.78 is 0. The first-order valence-corrected chi connectivity index (χ1v) is 7.41. The summed E-state index contributed by atoms with van der Waals surface area (Å²) in [6.45, 7) is 3.99. The smallest absolute Gasteiger partial charge is 0.110 e. The van der Waals surface area contributed by atoms with Crippen LogP contribution in [0.2, 0.25) is 10.0 Å². The predicted octanol–water partition coefficient (Wildman–Crippen LogP) is 4.30. The molecule has 1 aromatic rings. The topological polar surface area (TPSA) is 27.0 Å². The van der Waals surface area contributed by atoms with E-state index in [4.69, 9.17) is 23.2 Å². The maximum Gasteiger partial charge on any atom is 0.110 e. The molecule has 0 amide bonds. The summed E-state index contributed by atoms with van der Waals surface area (Å²) in [5, 5.41) is 10.9. The number of nitriles is 1. The molecule has 1 atom stereocenters. The van der Waals surface area contributed by atoms with Gasteiger partial charge in [-0.05, 0) is 50.6 Å². The van der Waals surface area contributed by atoms with E-state index >= 15 is 0 Å². The molecule has 0 aliphatic carbocycles. The van der Waals surface area contributed by atoms with Crippen LogP contribution < -0.4 is 0 Å². The van der Waals surface area contributed by atoms with Crippen LogP contribution >= 0.6 is 23.2 Å². The van der Waals surface area contributed by atoms with Gasteiger partial charge >= 0.3 is 0 Å². The third kappa shape index (κ3) is 3.42. The van der Waals surface area contributed by atoms with Crippen LogP contribution in [-0.2, 0) is 6.42 Å². The van der Waals surface area contributed by atoms with E-state index in [1.807, 2.05) is 19.1 Å². The first-order valence-electron chi connectivity index (χ1n) is 6.65. The van der Waals surface area contributed by atoms with Crippen LogP contribution in [0.3, 0.4) is 0 Å². The Bertz CT molecular complexity index is 489. The third-order valence-electron chi connectivity index (χ3n) is 3.84. The molecule has 102 valence electrons. The lowest BCUT2D eigenvalue weighted by atomic mass is 9.90. The van der Waals surface area contributed by atoms with Crippen molar-refractivity contribution < 1.29 is 0 Å². The van der Waals surface area contributed by atoms with Crippen LogP contribution in [0.5, 0.6) is 0 Å². The average molecular weight is 297 g/mol. The van der Waals surface area contributed by atoms with E-state index in [1.165, 1.54) is 19.3 Å². The Balaban J connectivity index is 2.20. The quantitative estimate of drug-likeness (QED) is 0.831. The first-order chi connectivity index (χ1) is 9.05. The summed E-state index contributed by atoms with van der Waals surface area (Å²) in [5.74, 6) is 0. The average Bonchev–Trinajstić information content (AvgIpc) is 2.43. The van der Waals surface area contributed by atoms with Crippen molar-refractivity contribution in [2.75, 3.05) is 13.1 Å². The fourth-order valence-electron chi connectivity index (χ4n) is 2.65. The maximum absolute atomic E-state index is 9.58. The zero-order chi connectivity index (χ0) is 13.9. The van der Waals surface area contributed by atoms with Gasteiger partial charge in [-0.25, -0.2) is 0 Å². The van der Waals surface area contributed by atoms with E-state index in [0.717, 1.165) is 18.7 Å². The van der Waals surface area contributed by atoms with Crippen molar-refractivity contribution in [2.24, 2.45) is 0 Å². The van der Waals surface area contributed by atoms with Crippen LogP contribution in [0.25, 0.3) is 0 Å². The van der Waals surface area contributed by atoms with Crippen molar-refractivity contribution in [2.45, 2.75) is 38.1 Å². The van der Waals surface area contributed by atoms with Gasteiger partial charge in [0, 0.05) is 16.5 Å². The maximum atomic E-state index is 9.58. The normalized spacial score (nSPS) is 19.7. The molecule has 1 heterocycles. The lowest BCUT2D eigenvalue weighted by molar-refractivity contribution is 0.124. The fourth-order valence-corrected chi connectivity index (χ4v) is 3.12. The van der Waals surface area contributed by atoms with Crippen molar-refractivity contribution in [1.82, 2.24) is 4.90 Å². The standard InChI is InChI=1S/C15H18Cl2N2/c1-15(11-18,19-7-3-2-4-8-19)10-12-5-6-13(16)9-14(12)17/h5-6,9H,2-4,7-8,10H2,1H3. The molecule has 1 aliphatic rings. The second-order valence-corrected chi connectivity index (χ2v) is 6.19. The minimum Gasteiger partial charge on any atom is -0.285 e. The Labute approximate surface area is 124 Å². The summed E-state index contributed by atoms with van der Waals surface area (Å²) in [4.78, 5) is 2.28. The van der Waals surface area contributed by atoms with Gasteiger partial charge in [0.1, 0.15) is 5.54 Å². The number of hydrogen-bond acceptors (Lipinski definition) is 2. The Morgan fingerprint density at radius 2 is 1.95 bits per heavy atom. The Hall–Kier alpha value is -0.750. The van der Waals surface area contributed by atoms with Gasteiger partial charge in [-0.3, -0.25) is 4.90 Å². The van der Waals surface area contributed by atoms with Crippen molar-refractivity contribution in [1.29, 1.82) is 5.26 Å². The zero-order valence-electron chi connectivity index (χ0n) is 11.1. The van der Waals surface area contributed by atoms with Crippen LogP contribution in [0.15, 0.2) is 18.2 Å². The van der Waals surface area contributed by atoms with Crippen molar-refractivity contribution in [3.8, 4) is 6.07 Å². The molecule has 0 N–H and O–H groups in total. The van der Waals surface area contributed by atoms with Gasteiger partial charge in [-0.15, -0.1) is 0 Å². The van der Waals surface area contributed by atoms with Crippen LogP contribution in [0, 0.1) is 11.3 Å². The zero-order valence-corrected chi connectivity index (χ0v) is 12.6. The molecule has 0 spiro atoms. The Morgan fingerprint density at radius 3 is 2.53 bits per heavy atom. The van der Waals surface area contributed by atoms with Crippen LogP contribution in [0.1, 0.15) is 31.7 Å². The molecular weight excluding hydrogens is 279 g/mol. The molecule has 0 radical (unpaired) electrons. The number of halogens is 2. The summed E-state index contributed by atoms with van der Waals surface area (Å²) in [6.07, 6.45) is 4.25. The van der Waals surface area contributed by atoms with E-state index in [-0.39, 0.29) is 0 Å². The number of likely N-dealkylation sites (tertiary alicyclic amines) is 1. The van der Waals surface area contributed by atoms with Gasteiger partial charge < -0.3 is 0 Å². The molecule has 19 heavy (non-hydrogen) atoms. The summed E-state index contributed by atoms with van der Waals surface area (Å²) in [7, 11) is 0. The number of rotatable bonds is 3. The van der Waals surface area contributed by atoms with Crippen molar-refractivity contribution in [3.05, 3.63) is 33.8 Å². The minimum atomic E-state index is -0.488. The highest BCUT2D eigenvalue weighted by atomic mass is 35.5. The van der Waals surface area contributed by atoms with Gasteiger partial charge in [0.25, 0.3) is 0 Å². The summed E-state index contributed by atoms with van der Waals surface area (Å²) in [6, 6.07) is 7.97. The van der Waals surface area contributed by atoms with E-state index in [9.17, 15) is 5.26 Å². The van der Waals surface area contributed by atoms with Crippen LogP contribution in [0.4, 0.5) is 0 Å². The number of piperidine rings is 1. The Morgan fingerprint density at radius 1 is 1.26 bits per heavy atom. The molecule has 0 saturated carbocycles. The largest absolute Gasteiger partial charge is 0.285 e. The third-order valence-corrected chi connectivity index (χ3v) is 4.43. The molecule has 1 unspecified atom stereocenters. The highest BCUT2D eigenvalue weighted by Gasteiger charge is 2.33. The van der Waals surface area contributed by atoms with Gasteiger partial charge in [-0.2, -0.15) is 5.26 Å². The predicted molar refractivity (Wildman–Crippen MR) is 79.6 cm³/mol. The lowest BCUT2D eigenvalue weighted by Crippen LogP contribution is -2.49. The second-order valence-electron chi connectivity index (χ2n) is 5.35. The number of nitrogens with zero attached hydrogens (tertiary/aromatic N) is 2. The van der Waals surface area contributed by atoms with E-state index in [1.54, 1.807) is 6.07 Å². The molecule has 0 aromatic heterocycles. The molecule has 1 aliphatic heterocycles. The molecule has 1 fully saturated rings. The highest BCUT2D eigenvalue weighted by molar-refractivity contribution is 6.35. The van der Waals surface area contributed by atoms with Gasteiger partial charge in [0.2, 0.25) is 0 Å². The van der Waals surface area contributed by atoms with E-state index < -0.39 is 5.54 Å². The van der Waals surface area contributed by atoms with Gasteiger partial charge in [0.15, 0.2) is 0 Å². The Kier molecular flexibility index (Phi) is 4.73. The van der Waals surface area contributed by atoms with Gasteiger partial charge in [0.05, 0.1) is 6.07 Å². The molecule has 1 aromatic carbocycles. The lowest BCUT2D eigenvalue weighted by Gasteiger charge is -2.38. The molecule has 0 bridgehead atoms. The molecular formula is C15H18Cl2N2. The minimum absolute atomic E-state index is 0.488. The summed E-state index contributed by atoms with van der Waals surface area (Å²) >= 11 is 12.1. The summed E-state index contributed by atoms with van der Waals surface area (Å²) in [5.41, 5.74) is 0.499. The van der Waals surface area contributed by atoms with E-state index in [0.29, 0.717) is 16.5 Å². The molecule has 2 nitrogen and oxygen atoms in total. The monoisotopic (exact) mass is 296 g/mol. The van der Waals surface area contributed by atoms with E-state index in [2.05, 4.69) is 11.0 Å². The fraction of sp³-hybridized carbons (Fsp3) is 0.533. The van der Waals surface area contributed by atoms with Crippen molar-refractivity contribution in [3.63, 3.8) is 0 Å². The van der Waals surface area contributed by atoms with Gasteiger partial charge in [-0.1, -0.05) is 35.7 Å². The number of hydrogen-bond donors (Lipinski definition) is 0. The van der Waals surface area contributed by atoms with Crippen molar-refractivity contribution >= 4 is 23.2 Å².